The Morgan fingerprint density at radius 1 is 1.40 bits per heavy atom. The molecule has 0 aliphatic carbocycles. The van der Waals surface area contributed by atoms with Gasteiger partial charge in [0.25, 0.3) is 0 Å². The van der Waals surface area contributed by atoms with E-state index in [2.05, 4.69) is 44.4 Å². The number of benzene rings is 1. The fraction of sp³-hybridized carbons (Fsp3) is 0.462. The Morgan fingerprint density at radius 2 is 2.13 bits per heavy atom. The molecule has 2 rings (SSSR count). The highest BCUT2D eigenvalue weighted by molar-refractivity contribution is 8.13. The molecule has 15 heavy (non-hydrogen) atoms. The van der Waals surface area contributed by atoms with E-state index in [0.717, 1.165) is 12.8 Å². The number of fused-ring (bicyclic) bond motifs is 1. The first kappa shape index (κ1) is 10.7. The third kappa shape index (κ3) is 1.96. The number of rotatable bonds is 1. The number of nitrogens with zero attached hydrogens (tertiary/aromatic N) is 1. The van der Waals surface area contributed by atoms with Crippen molar-refractivity contribution in [2.75, 3.05) is 6.26 Å². The third-order valence-electron chi connectivity index (χ3n) is 3.15. The molecule has 0 N–H and O–H groups in total. The van der Waals surface area contributed by atoms with Gasteiger partial charge in [0.1, 0.15) is 0 Å². The molecule has 1 aliphatic rings. The van der Waals surface area contributed by atoms with Crippen LogP contribution >= 0.6 is 11.8 Å². The summed E-state index contributed by atoms with van der Waals surface area (Å²) in [6, 6.07) is 8.63. The lowest BCUT2D eigenvalue weighted by Gasteiger charge is -2.30. The molecule has 0 saturated carbocycles. The maximum absolute atomic E-state index is 4.87. The van der Waals surface area contributed by atoms with Crippen LogP contribution in [-0.4, -0.2) is 16.8 Å². The van der Waals surface area contributed by atoms with Gasteiger partial charge in [0.2, 0.25) is 0 Å². The van der Waals surface area contributed by atoms with Crippen LogP contribution in [0.4, 0.5) is 0 Å². The number of hydrogen-bond donors (Lipinski definition) is 0. The maximum Gasteiger partial charge on any atom is 0.0983 e. The smallest absolute Gasteiger partial charge is 0.0983 e. The quantitative estimate of drug-likeness (QED) is 0.704. The molecule has 80 valence electrons. The van der Waals surface area contributed by atoms with Gasteiger partial charge >= 0.3 is 0 Å². The first-order valence-electron chi connectivity index (χ1n) is 5.40. The average molecular weight is 219 g/mol. The number of thioether (sulfide) groups is 1. The summed E-state index contributed by atoms with van der Waals surface area (Å²) in [7, 11) is 0. The highest BCUT2D eigenvalue weighted by atomic mass is 32.2. The molecule has 1 unspecified atom stereocenters. The second-order valence-electron chi connectivity index (χ2n) is 4.31. The van der Waals surface area contributed by atoms with Crippen molar-refractivity contribution in [2.45, 2.75) is 32.2 Å². The van der Waals surface area contributed by atoms with Gasteiger partial charge in [-0.25, -0.2) is 0 Å². The fourth-order valence-corrected chi connectivity index (χ4v) is 2.73. The number of aliphatic imine (C=N–C) groups is 1. The lowest BCUT2D eigenvalue weighted by Crippen LogP contribution is -2.30. The molecule has 0 fully saturated rings. The largest absolute Gasteiger partial charge is 0.271 e. The Morgan fingerprint density at radius 3 is 2.80 bits per heavy atom. The van der Waals surface area contributed by atoms with E-state index < -0.39 is 0 Å². The van der Waals surface area contributed by atoms with Gasteiger partial charge < -0.3 is 0 Å². The summed E-state index contributed by atoms with van der Waals surface area (Å²) in [6.07, 6.45) is 4.28. The highest BCUT2D eigenvalue weighted by Gasteiger charge is 2.28. The van der Waals surface area contributed by atoms with E-state index in [0.29, 0.717) is 0 Å². The van der Waals surface area contributed by atoms with E-state index in [-0.39, 0.29) is 5.54 Å². The summed E-state index contributed by atoms with van der Waals surface area (Å²) in [4.78, 5) is 4.87. The molecule has 0 spiro atoms. The van der Waals surface area contributed by atoms with Crippen LogP contribution in [0.25, 0.3) is 0 Å². The summed E-state index contributed by atoms with van der Waals surface area (Å²) >= 11 is 1.76. The predicted octanol–water partition coefficient (Wildman–Crippen LogP) is 3.52. The van der Waals surface area contributed by atoms with Crippen LogP contribution in [-0.2, 0) is 6.42 Å². The van der Waals surface area contributed by atoms with Crippen LogP contribution < -0.4 is 0 Å². The molecule has 1 aromatic rings. The van der Waals surface area contributed by atoms with Crippen LogP contribution in [0.3, 0.4) is 0 Å². The molecule has 1 aromatic carbocycles. The van der Waals surface area contributed by atoms with E-state index in [4.69, 9.17) is 4.99 Å². The third-order valence-corrected chi connectivity index (χ3v) is 3.84. The summed E-state index contributed by atoms with van der Waals surface area (Å²) in [5, 5.41) is 1.20. The second kappa shape index (κ2) is 4.01. The zero-order chi connectivity index (χ0) is 10.9. The van der Waals surface area contributed by atoms with Gasteiger partial charge in [0.05, 0.1) is 10.6 Å². The predicted molar refractivity (Wildman–Crippen MR) is 68.9 cm³/mol. The van der Waals surface area contributed by atoms with Crippen molar-refractivity contribution in [1.82, 2.24) is 0 Å². The van der Waals surface area contributed by atoms with Crippen molar-refractivity contribution in [3.8, 4) is 0 Å². The standard InChI is InChI=1S/C13H17NS/c1-4-13(2)9-10-7-5-6-8-11(10)12(14-13)15-3/h5-8H,4,9H2,1-3H3. The molecular formula is C13H17NS. The highest BCUT2D eigenvalue weighted by Crippen LogP contribution is 2.31. The van der Waals surface area contributed by atoms with E-state index in [1.54, 1.807) is 11.8 Å². The zero-order valence-electron chi connectivity index (χ0n) is 9.58. The van der Waals surface area contributed by atoms with Gasteiger partial charge in [0, 0.05) is 5.56 Å². The summed E-state index contributed by atoms with van der Waals surface area (Å²) in [5.41, 5.74) is 2.88. The normalized spacial score (nSPS) is 24.6. The number of hydrogen-bond acceptors (Lipinski definition) is 2. The minimum Gasteiger partial charge on any atom is -0.271 e. The molecule has 1 aliphatic heterocycles. The summed E-state index contributed by atoms with van der Waals surface area (Å²) in [6.45, 7) is 4.47. The zero-order valence-corrected chi connectivity index (χ0v) is 10.4. The Bertz CT molecular complexity index is 397. The van der Waals surface area contributed by atoms with Crippen LogP contribution in [0.15, 0.2) is 29.3 Å². The Labute approximate surface area is 96.0 Å². The fourth-order valence-electron chi connectivity index (χ4n) is 2.00. The van der Waals surface area contributed by atoms with Gasteiger partial charge in [-0.05, 0) is 31.6 Å². The van der Waals surface area contributed by atoms with Crippen LogP contribution in [0.2, 0.25) is 0 Å². The molecule has 1 nitrogen and oxygen atoms in total. The minimum atomic E-state index is 0.104. The van der Waals surface area contributed by atoms with Gasteiger partial charge in [-0.1, -0.05) is 31.2 Å². The average Bonchev–Trinajstić information content (AvgIpc) is 2.28. The minimum absolute atomic E-state index is 0.104. The molecule has 0 bridgehead atoms. The monoisotopic (exact) mass is 219 g/mol. The molecule has 1 heterocycles. The lowest BCUT2D eigenvalue weighted by molar-refractivity contribution is 0.449. The molecule has 0 amide bonds. The van der Waals surface area contributed by atoms with Gasteiger partial charge in [-0.15, -0.1) is 11.8 Å². The van der Waals surface area contributed by atoms with Crippen molar-refractivity contribution >= 4 is 16.8 Å². The molecule has 0 radical (unpaired) electrons. The van der Waals surface area contributed by atoms with Crippen molar-refractivity contribution in [3.63, 3.8) is 0 Å². The topological polar surface area (TPSA) is 12.4 Å². The lowest BCUT2D eigenvalue weighted by atomic mass is 9.86. The summed E-state index contributed by atoms with van der Waals surface area (Å²) in [5.74, 6) is 0. The van der Waals surface area contributed by atoms with E-state index in [1.165, 1.54) is 16.2 Å². The maximum atomic E-state index is 4.87. The van der Waals surface area contributed by atoms with Crippen LogP contribution in [0.1, 0.15) is 31.4 Å². The first-order chi connectivity index (χ1) is 7.18. The van der Waals surface area contributed by atoms with E-state index in [9.17, 15) is 0 Å². The molecule has 2 heteroatoms. The Hall–Kier alpha value is -0.760. The van der Waals surface area contributed by atoms with Crippen molar-refractivity contribution < 1.29 is 0 Å². The van der Waals surface area contributed by atoms with Gasteiger partial charge in [0.15, 0.2) is 0 Å². The van der Waals surface area contributed by atoms with E-state index in [1.807, 2.05) is 0 Å². The van der Waals surface area contributed by atoms with Crippen LogP contribution in [0.5, 0.6) is 0 Å². The summed E-state index contributed by atoms with van der Waals surface area (Å²) < 4.78 is 0. The molecule has 1 atom stereocenters. The molecule has 0 saturated heterocycles. The van der Waals surface area contributed by atoms with Gasteiger partial charge in [-0.2, -0.15) is 0 Å². The van der Waals surface area contributed by atoms with Crippen LogP contribution in [0, 0.1) is 0 Å². The van der Waals surface area contributed by atoms with E-state index >= 15 is 0 Å². The van der Waals surface area contributed by atoms with Crippen molar-refractivity contribution in [3.05, 3.63) is 35.4 Å². The second-order valence-corrected chi connectivity index (χ2v) is 5.10. The SMILES string of the molecule is CCC1(C)Cc2ccccc2C(SC)=N1. The Balaban J connectivity index is 2.50. The molecular weight excluding hydrogens is 202 g/mol. The van der Waals surface area contributed by atoms with Gasteiger partial charge in [-0.3, -0.25) is 4.99 Å². The molecule has 0 aromatic heterocycles. The Kier molecular flexibility index (Phi) is 2.87. The first-order valence-corrected chi connectivity index (χ1v) is 6.63. The van der Waals surface area contributed by atoms with Crippen molar-refractivity contribution in [1.29, 1.82) is 0 Å². The van der Waals surface area contributed by atoms with Crippen molar-refractivity contribution in [2.24, 2.45) is 4.99 Å².